The molecule has 7 nitrogen and oxygen atoms in total. The fourth-order valence-corrected chi connectivity index (χ4v) is 2.58. The third kappa shape index (κ3) is 4.96. The van der Waals surface area contributed by atoms with Gasteiger partial charge in [-0.25, -0.2) is 4.98 Å². The molecule has 0 saturated carbocycles. The molecule has 0 aliphatic heterocycles. The highest BCUT2D eigenvalue weighted by molar-refractivity contribution is 6.04. The Balaban J connectivity index is 1.67. The molecule has 0 spiro atoms. The fourth-order valence-electron chi connectivity index (χ4n) is 2.58. The number of benzene rings is 2. The summed E-state index contributed by atoms with van der Waals surface area (Å²) in [5, 5.41) is 14.5. The van der Waals surface area contributed by atoms with Gasteiger partial charge in [0.2, 0.25) is 0 Å². The van der Waals surface area contributed by atoms with E-state index < -0.39 is 11.8 Å². The van der Waals surface area contributed by atoms with Crippen molar-refractivity contribution in [2.45, 2.75) is 6.54 Å². The third-order valence-corrected chi connectivity index (χ3v) is 4.12. The predicted molar refractivity (Wildman–Crippen MR) is 108 cm³/mol. The molecule has 0 fully saturated rings. The molecule has 7 heteroatoms. The van der Waals surface area contributed by atoms with Crippen molar-refractivity contribution in [1.82, 2.24) is 10.3 Å². The molecule has 3 rings (SSSR count). The van der Waals surface area contributed by atoms with Crippen molar-refractivity contribution in [3.8, 4) is 11.8 Å². The van der Waals surface area contributed by atoms with E-state index in [4.69, 9.17) is 10.00 Å². The van der Waals surface area contributed by atoms with Crippen LogP contribution in [0, 0.1) is 11.3 Å². The van der Waals surface area contributed by atoms with E-state index in [2.05, 4.69) is 15.6 Å². The molecule has 3 aromatic rings. The molecule has 2 N–H and O–H groups in total. The van der Waals surface area contributed by atoms with E-state index in [1.165, 1.54) is 12.1 Å². The van der Waals surface area contributed by atoms with Crippen molar-refractivity contribution < 1.29 is 14.3 Å². The molecule has 2 aromatic carbocycles. The second kappa shape index (κ2) is 9.15. The van der Waals surface area contributed by atoms with Gasteiger partial charge in [0.25, 0.3) is 11.8 Å². The number of hydrogen-bond acceptors (Lipinski definition) is 5. The Labute approximate surface area is 168 Å². The number of ether oxygens (including phenoxy) is 1. The first-order chi connectivity index (χ1) is 14.1. The molecule has 144 valence electrons. The number of nitrogens with one attached hydrogen (secondary N) is 2. The van der Waals surface area contributed by atoms with Crippen molar-refractivity contribution in [3.05, 3.63) is 89.2 Å². The number of methoxy groups -OCH3 is 1. The van der Waals surface area contributed by atoms with Gasteiger partial charge in [-0.1, -0.05) is 30.3 Å². The van der Waals surface area contributed by atoms with Gasteiger partial charge >= 0.3 is 0 Å². The van der Waals surface area contributed by atoms with E-state index in [1.54, 1.807) is 37.4 Å². The Bertz CT molecular complexity index is 1070. The number of anilines is 1. The van der Waals surface area contributed by atoms with E-state index in [-0.39, 0.29) is 11.4 Å². The largest absolute Gasteiger partial charge is 0.497 e. The van der Waals surface area contributed by atoms with Gasteiger partial charge in [0.15, 0.2) is 0 Å². The zero-order valence-corrected chi connectivity index (χ0v) is 15.7. The minimum Gasteiger partial charge on any atom is -0.497 e. The molecule has 0 unspecified atom stereocenters. The first-order valence-corrected chi connectivity index (χ1v) is 8.79. The van der Waals surface area contributed by atoms with Crippen LogP contribution in [0.4, 0.5) is 5.69 Å². The van der Waals surface area contributed by atoms with Crippen molar-refractivity contribution in [1.29, 1.82) is 5.26 Å². The summed E-state index contributed by atoms with van der Waals surface area (Å²) in [6, 6.07) is 20.6. The number of carbonyl (C=O) groups is 2. The van der Waals surface area contributed by atoms with Crippen molar-refractivity contribution in [2.75, 3.05) is 12.4 Å². The molecular formula is C22H18N4O3. The van der Waals surface area contributed by atoms with E-state index >= 15 is 0 Å². The number of amides is 2. The summed E-state index contributed by atoms with van der Waals surface area (Å²) in [5.41, 5.74) is 1.83. The van der Waals surface area contributed by atoms with Gasteiger partial charge in [-0.05, 0) is 42.0 Å². The summed E-state index contributed by atoms with van der Waals surface area (Å²) in [6.07, 6.45) is 0. The first kappa shape index (κ1) is 19.6. The van der Waals surface area contributed by atoms with Crippen molar-refractivity contribution in [2.24, 2.45) is 0 Å². The average Bonchev–Trinajstić information content (AvgIpc) is 2.78. The van der Waals surface area contributed by atoms with Gasteiger partial charge in [-0.3, -0.25) is 9.59 Å². The van der Waals surface area contributed by atoms with Gasteiger partial charge in [-0.2, -0.15) is 5.26 Å². The van der Waals surface area contributed by atoms with E-state index in [0.717, 1.165) is 11.3 Å². The zero-order chi connectivity index (χ0) is 20.6. The summed E-state index contributed by atoms with van der Waals surface area (Å²) in [6.45, 7) is 0.316. The van der Waals surface area contributed by atoms with Crippen LogP contribution in [0.5, 0.6) is 5.75 Å². The lowest BCUT2D eigenvalue weighted by Crippen LogP contribution is -2.25. The quantitative estimate of drug-likeness (QED) is 0.677. The molecule has 0 atom stereocenters. The van der Waals surface area contributed by atoms with Crippen LogP contribution in [0.1, 0.15) is 32.1 Å². The molecule has 29 heavy (non-hydrogen) atoms. The van der Waals surface area contributed by atoms with Crippen LogP contribution in [0.25, 0.3) is 0 Å². The predicted octanol–water partition coefficient (Wildman–Crippen LogP) is 3.14. The number of para-hydroxylation sites is 1. The van der Waals surface area contributed by atoms with Gasteiger partial charge in [0.1, 0.15) is 23.2 Å². The van der Waals surface area contributed by atoms with Crippen LogP contribution < -0.4 is 15.4 Å². The lowest BCUT2D eigenvalue weighted by molar-refractivity contribution is 0.0945. The standard InChI is InChI=1S/C22H18N4O3/c1-29-17-11-9-15(10-12-17)14-24-21(27)19-7-4-8-20(25-19)22(28)26-18-6-3-2-5-16(18)13-23/h2-12H,14H2,1H3,(H,24,27)(H,26,28). The number of carbonyl (C=O) groups excluding carboxylic acids is 2. The number of rotatable bonds is 6. The van der Waals surface area contributed by atoms with Crippen LogP contribution in [-0.2, 0) is 6.54 Å². The normalized spacial score (nSPS) is 9.93. The monoisotopic (exact) mass is 386 g/mol. The van der Waals surface area contributed by atoms with Crippen LogP contribution in [0.15, 0.2) is 66.7 Å². The Kier molecular flexibility index (Phi) is 6.18. The zero-order valence-electron chi connectivity index (χ0n) is 15.7. The van der Waals surface area contributed by atoms with Crippen LogP contribution >= 0.6 is 0 Å². The second-order valence-electron chi connectivity index (χ2n) is 6.05. The summed E-state index contributed by atoms with van der Waals surface area (Å²) in [7, 11) is 1.59. The maximum Gasteiger partial charge on any atom is 0.274 e. The van der Waals surface area contributed by atoms with Gasteiger partial charge in [0, 0.05) is 6.54 Å². The molecular weight excluding hydrogens is 368 g/mol. The highest BCUT2D eigenvalue weighted by Crippen LogP contribution is 2.15. The second-order valence-corrected chi connectivity index (χ2v) is 6.05. The topological polar surface area (TPSA) is 104 Å². The highest BCUT2D eigenvalue weighted by Gasteiger charge is 2.14. The van der Waals surface area contributed by atoms with E-state index in [0.29, 0.717) is 17.8 Å². The molecule has 0 saturated heterocycles. The maximum atomic E-state index is 12.5. The van der Waals surface area contributed by atoms with Crippen molar-refractivity contribution >= 4 is 17.5 Å². The average molecular weight is 386 g/mol. The summed E-state index contributed by atoms with van der Waals surface area (Å²) in [5.74, 6) is -0.163. The maximum absolute atomic E-state index is 12.5. The SMILES string of the molecule is COc1ccc(CNC(=O)c2cccc(C(=O)Nc3ccccc3C#N)n2)cc1. The number of hydrogen-bond donors (Lipinski definition) is 2. The molecule has 0 radical (unpaired) electrons. The fraction of sp³-hybridized carbons (Fsp3) is 0.0909. The lowest BCUT2D eigenvalue weighted by atomic mass is 10.2. The van der Waals surface area contributed by atoms with Gasteiger partial charge in [-0.15, -0.1) is 0 Å². The van der Waals surface area contributed by atoms with Gasteiger partial charge < -0.3 is 15.4 Å². The van der Waals surface area contributed by atoms with E-state index in [1.807, 2.05) is 30.3 Å². The molecule has 0 bridgehead atoms. The Morgan fingerprint density at radius 1 is 0.966 bits per heavy atom. The lowest BCUT2D eigenvalue weighted by Gasteiger charge is -2.08. The molecule has 0 aliphatic carbocycles. The van der Waals surface area contributed by atoms with Gasteiger partial charge in [0.05, 0.1) is 18.4 Å². The molecule has 1 aromatic heterocycles. The summed E-state index contributed by atoms with van der Waals surface area (Å²) in [4.78, 5) is 29.0. The summed E-state index contributed by atoms with van der Waals surface area (Å²) < 4.78 is 5.10. The molecule has 0 aliphatic rings. The van der Waals surface area contributed by atoms with E-state index in [9.17, 15) is 9.59 Å². The number of nitriles is 1. The van der Waals surface area contributed by atoms with Crippen LogP contribution in [0.2, 0.25) is 0 Å². The number of aromatic nitrogens is 1. The van der Waals surface area contributed by atoms with Crippen LogP contribution in [0.3, 0.4) is 0 Å². The molecule has 2 amide bonds. The number of pyridine rings is 1. The Hall–Kier alpha value is -4.18. The summed E-state index contributed by atoms with van der Waals surface area (Å²) >= 11 is 0. The first-order valence-electron chi connectivity index (χ1n) is 8.79. The highest BCUT2D eigenvalue weighted by atomic mass is 16.5. The smallest absolute Gasteiger partial charge is 0.274 e. The Morgan fingerprint density at radius 2 is 1.66 bits per heavy atom. The molecule has 1 heterocycles. The number of nitrogens with zero attached hydrogens (tertiary/aromatic N) is 2. The minimum atomic E-state index is -0.502. The van der Waals surface area contributed by atoms with Crippen LogP contribution in [-0.4, -0.2) is 23.9 Å². The third-order valence-electron chi connectivity index (χ3n) is 4.12. The Morgan fingerprint density at radius 3 is 2.34 bits per heavy atom. The minimum absolute atomic E-state index is 0.0786. The van der Waals surface area contributed by atoms with Crippen molar-refractivity contribution in [3.63, 3.8) is 0 Å².